The van der Waals surface area contributed by atoms with Gasteiger partial charge in [0.1, 0.15) is 0 Å². The molecule has 0 spiro atoms. The number of hydrogen-bond acceptors (Lipinski definition) is 2. The summed E-state index contributed by atoms with van der Waals surface area (Å²) < 4.78 is 0. The van der Waals surface area contributed by atoms with Crippen LogP contribution in [0.1, 0.15) is 11.1 Å². The number of pyridine rings is 1. The van der Waals surface area contributed by atoms with Gasteiger partial charge in [-0.2, -0.15) is 5.26 Å². The Morgan fingerprint density at radius 1 is 1.27 bits per heavy atom. The Bertz CT molecular complexity index is 524. The van der Waals surface area contributed by atoms with Gasteiger partial charge in [0.25, 0.3) is 0 Å². The molecule has 0 amide bonds. The minimum atomic E-state index is 0.663. The Labute approximate surface area is 88.8 Å². The molecule has 0 bridgehead atoms. The van der Waals surface area contributed by atoms with Crippen molar-refractivity contribution in [2.45, 2.75) is 6.92 Å². The van der Waals surface area contributed by atoms with Gasteiger partial charge in [-0.3, -0.25) is 4.98 Å². The molecule has 0 N–H and O–H groups in total. The fourth-order valence-electron chi connectivity index (χ4n) is 1.53. The fourth-order valence-corrected chi connectivity index (χ4v) is 1.53. The van der Waals surface area contributed by atoms with E-state index < -0.39 is 0 Å². The third-order valence-electron chi connectivity index (χ3n) is 2.27. The van der Waals surface area contributed by atoms with E-state index in [0.717, 1.165) is 11.1 Å². The van der Waals surface area contributed by atoms with Crippen LogP contribution < -0.4 is 0 Å². The largest absolute Gasteiger partial charge is 0.264 e. The van der Waals surface area contributed by atoms with Gasteiger partial charge in [-0.1, -0.05) is 29.8 Å². The van der Waals surface area contributed by atoms with E-state index in [-0.39, 0.29) is 0 Å². The predicted molar refractivity (Wildman–Crippen MR) is 59.1 cm³/mol. The average Bonchev–Trinajstić information content (AvgIpc) is 2.29. The molecule has 1 aromatic carbocycles. The van der Waals surface area contributed by atoms with Gasteiger partial charge in [-0.05, 0) is 18.6 Å². The third-order valence-corrected chi connectivity index (χ3v) is 2.27. The first kappa shape index (κ1) is 9.42. The van der Waals surface area contributed by atoms with Crippen LogP contribution >= 0.6 is 0 Å². The molecule has 0 fully saturated rings. The second-order valence-corrected chi connectivity index (χ2v) is 3.40. The monoisotopic (exact) mass is 194 g/mol. The molecular weight excluding hydrogens is 184 g/mol. The number of aryl methyl sites for hydroxylation is 1. The smallest absolute Gasteiger partial charge is 0.0999 e. The lowest BCUT2D eigenvalue weighted by atomic mass is 10.0. The number of aromatic nitrogens is 1. The van der Waals surface area contributed by atoms with E-state index in [1.54, 1.807) is 18.5 Å². The van der Waals surface area contributed by atoms with Crippen molar-refractivity contribution in [1.29, 1.82) is 5.26 Å². The summed E-state index contributed by atoms with van der Waals surface area (Å²) >= 11 is 0. The van der Waals surface area contributed by atoms with E-state index in [1.165, 1.54) is 5.56 Å². The molecule has 2 aromatic rings. The predicted octanol–water partition coefficient (Wildman–Crippen LogP) is 2.93. The van der Waals surface area contributed by atoms with Crippen LogP contribution in [0.2, 0.25) is 0 Å². The second kappa shape index (κ2) is 3.93. The number of hydrogen-bond donors (Lipinski definition) is 0. The number of rotatable bonds is 1. The zero-order valence-corrected chi connectivity index (χ0v) is 8.44. The van der Waals surface area contributed by atoms with E-state index in [4.69, 9.17) is 5.26 Å². The summed E-state index contributed by atoms with van der Waals surface area (Å²) in [6, 6.07) is 12.0. The SMILES string of the molecule is Cc1cccc(-c2cnccc2C#N)c1. The minimum absolute atomic E-state index is 0.663. The Balaban J connectivity index is 2.60. The minimum Gasteiger partial charge on any atom is -0.264 e. The maximum Gasteiger partial charge on any atom is 0.0999 e. The van der Waals surface area contributed by atoms with E-state index >= 15 is 0 Å². The van der Waals surface area contributed by atoms with Gasteiger partial charge < -0.3 is 0 Å². The zero-order chi connectivity index (χ0) is 10.7. The second-order valence-electron chi connectivity index (χ2n) is 3.40. The molecule has 1 heterocycles. The Morgan fingerprint density at radius 3 is 2.87 bits per heavy atom. The summed E-state index contributed by atoms with van der Waals surface area (Å²) in [5.74, 6) is 0. The molecule has 0 aliphatic carbocycles. The van der Waals surface area contributed by atoms with Gasteiger partial charge in [0.15, 0.2) is 0 Å². The molecule has 0 aliphatic rings. The summed E-state index contributed by atoms with van der Waals surface area (Å²) in [6.07, 6.45) is 3.37. The summed E-state index contributed by atoms with van der Waals surface area (Å²) in [5.41, 5.74) is 3.78. The van der Waals surface area contributed by atoms with Crippen molar-refractivity contribution in [3.63, 3.8) is 0 Å². The molecular formula is C13H10N2. The highest BCUT2D eigenvalue weighted by atomic mass is 14.6. The van der Waals surface area contributed by atoms with Gasteiger partial charge in [-0.25, -0.2) is 0 Å². The fraction of sp³-hybridized carbons (Fsp3) is 0.0769. The van der Waals surface area contributed by atoms with Crippen LogP contribution in [-0.4, -0.2) is 4.98 Å². The third kappa shape index (κ3) is 1.87. The van der Waals surface area contributed by atoms with Crippen molar-refractivity contribution in [3.05, 3.63) is 53.9 Å². The lowest BCUT2D eigenvalue weighted by molar-refractivity contribution is 1.31. The van der Waals surface area contributed by atoms with Crippen LogP contribution in [0.15, 0.2) is 42.7 Å². The first-order valence-electron chi connectivity index (χ1n) is 4.72. The van der Waals surface area contributed by atoms with Crippen LogP contribution in [0.3, 0.4) is 0 Å². The molecule has 0 atom stereocenters. The number of nitrogens with zero attached hydrogens (tertiary/aromatic N) is 2. The summed E-state index contributed by atoms with van der Waals surface area (Å²) in [5, 5.41) is 8.97. The molecule has 2 heteroatoms. The van der Waals surface area contributed by atoms with Crippen molar-refractivity contribution >= 4 is 0 Å². The summed E-state index contributed by atoms with van der Waals surface area (Å²) in [7, 11) is 0. The highest BCUT2D eigenvalue weighted by molar-refractivity contribution is 5.69. The Hall–Kier alpha value is -2.14. The van der Waals surface area contributed by atoms with Gasteiger partial charge >= 0.3 is 0 Å². The highest BCUT2D eigenvalue weighted by Crippen LogP contribution is 2.22. The topological polar surface area (TPSA) is 36.7 Å². The van der Waals surface area contributed by atoms with Crippen molar-refractivity contribution in [2.24, 2.45) is 0 Å². The maximum absolute atomic E-state index is 8.97. The Kier molecular flexibility index (Phi) is 2.47. The maximum atomic E-state index is 8.97. The van der Waals surface area contributed by atoms with E-state index in [1.807, 2.05) is 25.1 Å². The lowest BCUT2D eigenvalue weighted by Gasteiger charge is -2.03. The van der Waals surface area contributed by atoms with E-state index in [2.05, 4.69) is 17.1 Å². The molecule has 15 heavy (non-hydrogen) atoms. The molecule has 72 valence electrons. The number of benzene rings is 1. The average molecular weight is 194 g/mol. The molecule has 0 unspecified atom stereocenters. The van der Waals surface area contributed by atoms with Crippen LogP contribution in [0.25, 0.3) is 11.1 Å². The normalized spacial score (nSPS) is 9.60. The number of nitriles is 1. The standard InChI is InChI=1S/C13H10N2/c1-10-3-2-4-11(7-10)13-9-15-6-5-12(13)8-14/h2-7,9H,1H3. The Morgan fingerprint density at radius 2 is 2.13 bits per heavy atom. The van der Waals surface area contributed by atoms with Crippen LogP contribution in [0.4, 0.5) is 0 Å². The van der Waals surface area contributed by atoms with Crippen molar-refractivity contribution in [3.8, 4) is 17.2 Å². The van der Waals surface area contributed by atoms with Crippen LogP contribution in [-0.2, 0) is 0 Å². The first-order valence-corrected chi connectivity index (χ1v) is 4.72. The molecule has 0 aliphatic heterocycles. The molecule has 0 saturated carbocycles. The van der Waals surface area contributed by atoms with Crippen molar-refractivity contribution in [2.75, 3.05) is 0 Å². The summed E-state index contributed by atoms with van der Waals surface area (Å²) in [4.78, 5) is 4.05. The quantitative estimate of drug-likeness (QED) is 0.699. The first-order chi connectivity index (χ1) is 7.31. The van der Waals surface area contributed by atoms with E-state index in [9.17, 15) is 0 Å². The summed E-state index contributed by atoms with van der Waals surface area (Å²) in [6.45, 7) is 2.03. The van der Waals surface area contributed by atoms with Crippen molar-refractivity contribution in [1.82, 2.24) is 4.98 Å². The van der Waals surface area contributed by atoms with Gasteiger partial charge in [0, 0.05) is 18.0 Å². The van der Waals surface area contributed by atoms with Gasteiger partial charge in [0.2, 0.25) is 0 Å². The van der Waals surface area contributed by atoms with E-state index in [0.29, 0.717) is 5.56 Å². The molecule has 0 saturated heterocycles. The molecule has 2 nitrogen and oxygen atoms in total. The molecule has 2 rings (SSSR count). The van der Waals surface area contributed by atoms with Gasteiger partial charge in [0.05, 0.1) is 11.6 Å². The molecule has 1 aromatic heterocycles. The molecule has 0 radical (unpaired) electrons. The van der Waals surface area contributed by atoms with Crippen LogP contribution in [0.5, 0.6) is 0 Å². The lowest BCUT2D eigenvalue weighted by Crippen LogP contribution is -1.86. The highest BCUT2D eigenvalue weighted by Gasteiger charge is 2.03. The van der Waals surface area contributed by atoms with Crippen LogP contribution in [0, 0.1) is 18.3 Å². The van der Waals surface area contributed by atoms with Crippen molar-refractivity contribution < 1.29 is 0 Å². The van der Waals surface area contributed by atoms with Gasteiger partial charge in [-0.15, -0.1) is 0 Å². The zero-order valence-electron chi connectivity index (χ0n) is 8.44.